The van der Waals surface area contributed by atoms with Crippen LogP contribution in [-0.2, 0) is 14.4 Å². The van der Waals surface area contributed by atoms with Gasteiger partial charge in [0.15, 0.2) is 0 Å². The van der Waals surface area contributed by atoms with Crippen molar-refractivity contribution in [1.82, 2.24) is 0 Å². The zero-order valence-electron chi connectivity index (χ0n) is 10.8. The van der Waals surface area contributed by atoms with Gasteiger partial charge >= 0.3 is 10.1 Å². The van der Waals surface area contributed by atoms with E-state index in [9.17, 15) is 13.7 Å². The Morgan fingerprint density at radius 2 is 2.14 bits per heavy atom. The first-order valence-corrected chi connectivity index (χ1v) is 8.69. The van der Waals surface area contributed by atoms with Gasteiger partial charge in [0.2, 0.25) is 0 Å². The quantitative estimate of drug-likeness (QED) is 0.623. The summed E-state index contributed by atoms with van der Waals surface area (Å²) in [4.78, 5) is 0. The summed E-state index contributed by atoms with van der Waals surface area (Å²) in [5.74, 6) is 0. The van der Waals surface area contributed by atoms with Gasteiger partial charge in [0.1, 0.15) is 11.1 Å². The van der Waals surface area contributed by atoms with E-state index in [4.69, 9.17) is 11.6 Å². The summed E-state index contributed by atoms with van der Waals surface area (Å²) in [5, 5.41) is 15.4. The van der Waals surface area contributed by atoms with Gasteiger partial charge in [-0.25, -0.2) is 0 Å². The molecule has 2 rings (SSSR count). The lowest BCUT2D eigenvalue weighted by Crippen LogP contribution is -2.02. The van der Waals surface area contributed by atoms with Crippen LogP contribution >= 0.6 is 23.4 Å². The van der Waals surface area contributed by atoms with E-state index >= 15 is 0 Å². The summed E-state index contributed by atoms with van der Waals surface area (Å²) in [6.45, 7) is 0. The van der Waals surface area contributed by atoms with Crippen LogP contribution in [0.2, 0.25) is 5.02 Å². The Labute approximate surface area is 131 Å². The van der Waals surface area contributed by atoms with E-state index in [1.54, 1.807) is 35.7 Å². The standard InChI is InChI=1S/C13H9ClN2O3S2/c1-21(17,18)19-16-13-10(6-7-20-13)11(8-15)9-4-2-3-5-12(9)14/h2-7H,1H3/b11-10+,16-13?. The molecule has 108 valence electrons. The highest BCUT2D eigenvalue weighted by Crippen LogP contribution is 2.33. The summed E-state index contributed by atoms with van der Waals surface area (Å²) in [6.07, 6.45) is 2.56. The fourth-order valence-corrected chi connectivity index (χ4v) is 2.79. The Balaban J connectivity index is 2.51. The third-order valence-electron chi connectivity index (χ3n) is 2.42. The largest absolute Gasteiger partial charge is 0.325 e. The Bertz CT molecular complexity index is 805. The van der Waals surface area contributed by atoms with Gasteiger partial charge in [-0.15, -0.1) is 0 Å². The Kier molecular flexibility index (Phi) is 4.73. The number of halogens is 1. The molecule has 1 aliphatic rings. The normalized spacial score (nSPS) is 18.6. The van der Waals surface area contributed by atoms with E-state index in [1.807, 2.05) is 0 Å². The average molecular weight is 341 g/mol. The van der Waals surface area contributed by atoms with Gasteiger partial charge in [0.25, 0.3) is 0 Å². The van der Waals surface area contributed by atoms with Crippen LogP contribution in [0.25, 0.3) is 5.57 Å². The molecule has 0 aliphatic carbocycles. The van der Waals surface area contributed by atoms with Crippen molar-refractivity contribution in [3.8, 4) is 6.07 Å². The predicted octanol–water partition coefficient (Wildman–Crippen LogP) is 3.17. The molecule has 8 heteroatoms. The lowest BCUT2D eigenvalue weighted by atomic mass is 10.0. The molecule has 0 saturated carbocycles. The van der Waals surface area contributed by atoms with Gasteiger partial charge in [-0.3, -0.25) is 4.28 Å². The second-order valence-electron chi connectivity index (χ2n) is 3.98. The fourth-order valence-electron chi connectivity index (χ4n) is 1.59. The molecule has 0 spiro atoms. The Morgan fingerprint density at radius 1 is 1.43 bits per heavy atom. The molecule has 1 aromatic carbocycles. The number of rotatable bonds is 3. The van der Waals surface area contributed by atoms with Crippen LogP contribution in [0.1, 0.15) is 5.56 Å². The smallest absolute Gasteiger partial charge is 0.268 e. The lowest BCUT2D eigenvalue weighted by molar-refractivity contribution is 0.345. The Hall–Kier alpha value is -1.75. The fraction of sp³-hybridized carbons (Fsp3) is 0.0769. The maximum Gasteiger partial charge on any atom is 0.325 e. The number of allylic oxidation sites excluding steroid dienone is 2. The zero-order chi connectivity index (χ0) is 15.5. The molecule has 0 saturated heterocycles. The second kappa shape index (κ2) is 6.35. The van der Waals surface area contributed by atoms with Crippen LogP contribution in [-0.4, -0.2) is 19.7 Å². The topological polar surface area (TPSA) is 79.5 Å². The minimum absolute atomic E-state index is 0.289. The first-order chi connectivity index (χ1) is 9.92. The van der Waals surface area contributed by atoms with Crippen LogP contribution in [0.5, 0.6) is 0 Å². The van der Waals surface area contributed by atoms with Gasteiger partial charge in [-0.1, -0.05) is 46.7 Å². The van der Waals surface area contributed by atoms with E-state index in [1.165, 1.54) is 0 Å². The molecular weight excluding hydrogens is 332 g/mol. The monoisotopic (exact) mass is 340 g/mol. The summed E-state index contributed by atoms with van der Waals surface area (Å²) in [7, 11) is -3.70. The number of oxime groups is 1. The molecule has 1 heterocycles. The van der Waals surface area contributed by atoms with Gasteiger partial charge < -0.3 is 0 Å². The van der Waals surface area contributed by atoms with E-state index in [0.29, 0.717) is 21.7 Å². The van der Waals surface area contributed by atoms with E-state index < -0.39 is 10.1 Å². The number of hydrogen-bond donors (Lipinski definition) is 0. The first-order valence-electron chi connectivity index (χ1n) is 5.62. The molecule has 0 bridgehead atoms. The van der Waals surface area contributed by atoms with E-state index in [-0.39, 0.29) is 5.04 Å². The van der Waals surface area contributed by atoms with Crippen LogP contribution < -0.4 is 0 Å². The van der Waals surface area contributed by atoms with Crippen molar-refractivity contribution >= 4 is 44.1 Å². The van der Waals surface area contributed by atoms with Crippen molar-refractivity contribution in [1.29, 1.82) is 5.26 Å². The maximum absolute atomic E-state index is 11.0. The molecule has 0 unspecified atom stereocenters. The van der Waals surface area contributed by atoms with Crippen molar-refractivity contribution in [3.05, 3.63) is 51.9 Å². The van der Waals surface area contributed by atoms with Crippen LogP contribution in [0.3, 0.4) is 0 Å². The zero-order valence-corrected chi connectivity index (χ0v) is 13.2. The van der Waals surface area contributed by atoms with Gasteiger partial charge in [-0.2, -0.15) is 13.7 Å². The van der Waals surface area contributed by atoms with E-state index in [0.717, 1.165) is 18.0 Å². The summed E-state index contributed by atoms with van der Waals surface area (Å²) >= 11 is 7.25. The third kappa shape index (κ3) is 3.88. The SMILES string of the molecule is CS(=O)(=O)ON=C1SC=C/C1=C(/C#N)c1ccccc1Cl. The van der Waals surface area contributed by atoms with Gasteiger partial charge in [0.05, 0.1) is 11.8 Å². The average Bonchev–Trinajstić information content (AvgIpc) is 2.87. The van der Waals surface area contributed by atoms with Crippen molar-refractivity contribution < 1.29 is 12.7 Å². The first kappa shape index (κ1) is 15.6. The molecule has 1 aliphatic heterocycles. The maximum atomic E-state index is 11.0. The van der Waals surface area contributed by atoms with Gasteiger partial charge in [-0.05, 0) is 17.6 Å². The Morgan fingerprint density at radius 3 is 2.76 bits per heavy atom. The minimum Gasteiger partial charge on any atom is -0.268 e. The van der Waals surface area contributed by atoms with Gasteiger partial charge in [0, 0.05) is 16.2 Å². The molecule has 0 radical (unpaired) electrons. The van der Waals surface area contributed by atoms with Crippen molar-refractivity contribution in [2.75, 3.05) is 6.26 Å². The molecule has 5 nitrogen and oxygen atoms in total. The number of nitriles is 1. The molecule has 0 amide bonds. The number of benzene rings is 1. The summed E-state index contributed by atoms with van der Waals surface area (Å²) < 4.78 is 26.4. The second-order valence-corrected chi connectivity index (χ2v) is 6.84. The van der Waals surface area contributed by atoms with E-state index in [2.05, 4.69) is 15.5 Å². The molecule has 0 atom stereocenters. The molecule has 0 N–H and O–H groups in total. The number of nitrogens with zero attached hydrogens (tertiary/aromatic N) is 2. The highest BCUT2D eigenvalue weighted by atomic mass is 35.5. The molecule has 21 heavy (non-hydrogen) atoms. The van der Waals surface area contributed by atoms with Crippen LogP contribution in [0, 0.1) is 11.3 Å². The lowest BCUT2D eigenvalue weighted by Gasteiger charge is -2.06. The predicted molar refractivity (Wildman–Crippen MR) is 84.1 cm³/mol. The molecule has 0 fully saturated rings. The minimum atomic E-state index is -3.70. The highest BCUT2D eigenvalue weighted by Gasteiger charge is 2.20. The molecule has 0 aromatic heterocycles. The van der Waals surface area contributed by atoms with Crippen molar-refractivity contribution in [3.63, 3.8) is 0 Å². The number of hydrogen-bond acceptors (Lipinski definition) is 6. The summed E-state index contributed by atoms with van der Waals surface area (Å²) in [6, 6.07) is 8.97. The van der Waals surface area contributed by atoms with Crippen LogP contribution in [0.4, 0.5) is 0 Å². The third-order valence-corrected chi connectivity index (χ3v) is 3.89. The number of thioether (sulfide) groups is 1. The van der Waals surface area contributed by atoms with Crippen molar-refractivity contribution in [2.24, 2.45) is 5.16 Å². The molecule has 1 aromatic rings. The van der Waals surface area contributed by atoms with Crippen LogP contribution in [0.15, 0.2) is 46.5 Å². The molecular formula is C13H9ClN2O3S2. The highest BCUT2D eigenvalue weighted by molar-refractivity contribution is 8.17. The van der Waals surface area contributed by atoms with Crippen molar-refractivity contribution in [2.45, 2.75) is 0 Å². The summed E-state index contributed by atoms with van der Waals surface area (Å²) in [5.41, 5.74) is 1.33.